The van der Waals surface area contributed by atoms with Gasteiger partial charge < -0.3 is 10.6 Å². The lowest BCUT2D eigenvalue weighted by atomic mass is 10.2. The Kier molecular flexibility index (Phi) is 5.50. The number of hydrogen-bond donors (Lipinski definition) is 2. The SMILES string of the molecule is CC(C)NCCNC(=O)Cc1ccccn1. The van der Waals surface area contributed by atoms with Crippen LogP contribution in [0, 0.1) is 0 Å². The average Bonchev–Trinajstić information content (AvgIpc) is 2.25. The highest BCUT2D eigenvalue weighted by Crippen LogP contribution is 1.93. The summed E-state index contributed by atoms with van der Waals surface area (Å²) in [7, 11) is 0. The van der Waals surface area contributed by atoms with Crippen molar-refractivity contribution < 1.29 is 4.79 Å². The molecule has 0 aliphatic carbocycles. The minimum Gasteiger partial charge on any atom is -0.354 e. The van der Waals surface area contributed by atoms with Gasteiger partial charge in [-0.3, -0.25) is 9.78 Å². The zero-order valence-electron chi connectivity index (χ0n) is 9.86. The van der Waals surface area contributed by atoms with E-state index in [-0.39, 0.29) is 5.91 Å². The highest BCUT2D eigenvalue weighted by atomic mass is 16.1. The molecular formula is C12H19N3O. The summed E-state index contributed by atoms with van der Waals surface area (Å²) in [6.45, 7) is 5.61. The van der Waals surface area contributed by atoms with Gasteiger partial charge in [-0.05, 0) is 12.1 Å². The second-order valence-corrected chi connectivity index (χ2v) is 3.96. The molecule has 1 amide bonds. The highest BCUT2D eigenvalue weighted by molar-refractivity contribution is 5.78. The molecule has 0 spiro atoms. The molecule has 1 rings (SSSR count). The van der Waals surface area contributed by atoms with E-state index in [0.29, 0.717) is 19.0 Å². The summed E-state index contributed by atoms with van der Waals surface area (Å²) >= 11 is 0. The molecule has 0 aliphatic rings. The quantitative estimate of drug-likeness (QED) is 0.697. The van der Waals surface area contributed by atoms with Gasteiger partial charge in [-0.2, -0.15) is 0 Å². The summed E-state index contributed by atoms with van der Waals surface area (Å²) in [6, 6.07) is 6.03. The second kappa shape index (κ2) is 6.95. The molecule has 0 unspecified atom stereocenters. The third-order valence-corrected chi connectivity index (χ3v) is 2.07. The van der Waals surface area contributed by atoms with Crippen molar-refractivity contribution in [1.82, 2.24) is 15.6 Å². The third-order valence-electron chi connectivity index (χ3n) is 2.07. The maximum Gasteiger partial charge on any atom is 0.226 e. The minimum atomic E-state index is 0.0178. The molecular weight excluding hydrogens is 202 g/mol. The van der Waals surface area contributed by atoms with Crippen molar-refractivity contribution >= 4 is 5.91 Å². The van der Waals surface area contributed by atoms with Gasteiger partial charge >= 0.3 is 0 Å². The van der Waals surface area contributed by atoms with E-state index >= 15 is 0 Å². The molecule has 0 bridgehead atoms. The van der Waals surface area contributed by atoms with Crippen LogP contribution in [0.4, 0.5) is 0 Å². The van der Waals surface area contributed by atoms with Crippen LogP contribution < -0.4 is 10.6 Å². The summed E-state index contributed by atoms with van der Waals surface area (Å²) in [5, 5.41) is 6.08. The van der Waals surface area contributed by atoms with Gasteiger partial charge in [0, 0.05) is 31.0 Å². The molecule has 0 saturated heterocycles. The Morgan fingerprint density at radius 2 is 2.19 bits per heavy atom. The van der Waals surface area contributed by atoms with Crippen molar-refractivity contribution in [3.63, 3.8) is 0 Å². The number of nitrogens with zero attached hydrogens (tertiary/aromatic N) is 1. The van der Waals surface area contributed by atoms with Crippen LogP contribution in [0.5, 0.6) is 0 Å². The van der Waals surface area contributed by atoms with E-state index in [1.807, 2.05) is 18.2 Å². The van der Waals surface area contributed by atoms with Crippen LogP contribution >= 0.6 is 0 Å². The third kappa shape index (κ3) is 5.46. The summed E-state index contributed by atoms with van der Waals surface area (Å²) in [6.07, 6.45) is 2.05. The highest BCUT2D eigenvalue weighted by Gasteiger charge is 2.02. The van der Waals surface area contributed by atoms with E-state index in [2.05, 4.69) is 29.5 Å². The summed E-state index contributed by atoms with van der Waals surface area (Å²) in [4.78, 5) is 15.6. The fraction of sp³-hybridized carbons (Fsp3) is 0.500. The summed E-state index contributed by atoms with van der Waals surface area (Å²) < 4.78 is 0. The van der Waals surface area contributed by atoms with Gasteiger partial charge in [-0.1, -0.05) is 19.9 Å². The molecule has 1 heterocycles. The molecule has 0 atom stereocenters. The maximum absolute atomic E-state index is 11.5. The fourth-order valence-electron chi connectivity index (χ4n) is 1.29. The maximum atomic E-state index is 11.5. The van der Waals surface area contributed by atoms with E-state index in [1.54, 1.807) is 6.20 Å². The zero-order valence-corrected chi connectivity index (χ0v) is 9.86. The van der Waals surface area contributed by atoms with Crippen molar-refractivity contribution in [3.05, 3.63) is 30.1 Å². The van der Waals surface area contributed by atoms with Gasteiger partial charge in [0.05, 0.1) is 6.42 Å². The molecule has 1 aromatic heterocycles. The van der Waals surface area contributed by atoms with Crippen LogP contribution in [0.25, 0.3) is 0 Å². The lowest BCUT2D eigenvalue weighted by molar-refractivity contribution is -0.120. The van der Waals surface area contributed by atoms with Gasteiger partial charge in [-0.15, -0.1) is 0 Å². The van der Waals surface area contributed by atoms with Crippen LogP contribution in [-0.2, 0) is 11.2 Å². The minimum absolute atomic E-state index is 0.0178. The molecule has 16 heavy (non-hydrogen) atoms. The molecule has 0 aliphatic heterocycles. The summed E-state index contributed by atoms with van der Waals surface area (Å²) in [5.74, 6) is 0.0178. The van der Waals surface area contributed by atoms with Crippen molar-refractivity contribution in [1.29, 1.82) is 0 Å². The van der Waals surface area contributed by atoms with Gasteiger partial charge in [0.2, 0.25) is 5.91 Å². The van der Waals surface area contributed by atoms with E-state index in [1.165, 1.54) is 0 Å². The van der Waals surface area contributed by atoms with E-state index < -0.39 is 0 Å². The molecule has 0 aromatic carbocycles. The van der Waals surface area contributed by atoms with E-state index in [4.69, 9.17) is 0 Å². The molecule has 2 N–H and O–H groups in total. The largest absolute Gasteiger partial charge is 0.354 e. The number of carbonyl (C=O) groups is 1. The van der Waals surface area contributed by atoms with Crippen LogP contribution in [-0.4, -0.2) is 30.0 Å². The average molecular weight is 221 g/mol. The molecule has 0 fully saturated rings. The van der Waals surface area contributed by atoms with Crippen molar-refractivity contribution in [2.24, 2.45) is 0 Å². The van der Waals surface area contributed by atoms with Crippen LogP contribution in [0.2, 0.25) is 0 Å². The number of amides is 1. The molecule has 1 aromatic rings. The number of pyridine rings is 1. The summed E-state index contributed by atoms with van der Waals surface area (Å²) in [5.41, 5.74) is 0.803. The first-order chi connectivity index (χ1) is 7.68. The smallest absolute Gasteiger partial charge is 0.226 e. The molecule has 0 saturated carbocycles. The fourth-order valence-corrected chi connectivity index (χ4v) is 1.29. The predicted molar refractivity (Wildman–Crippen MR) is 64.1 cm³/mol. The lowest BCUT2D eigenvalue weighted by Gasteiger charge is -2.08. The normalized spacial score (nSPS) is 10.4. The first-order valence-electron chi connectivity index (χ1n) is 5.58. The van der Waals surface area contributed by atoms with Gasteiger partial charge in [0.1, 0.15) is 0 Å². The second-order valence-electron chi connectivity index (χ2n) is 3.96. The number of nitrogens with one attached hydrogen (secondary N) is 2. The molecule has 88 valence electrons. The Bertz CT molecular complexity index is 311. The Morgan fingerprint density at radius 1 is 1.38 bits per heavy atom. The Labute approximate surface area is 96.5 Å². The van der Waals surface area contributed by atoms with Crippen LogP contribution in [0.3, 0.4) is 0 Å². The van der Waals surface area contributed by atoms with Crippen molar-refractivity contribution in [3.8, 4) is 0 Å². The zero-order chi connectivity index (χ0) is 11.8. The Balaban J connectivity index is 2.17. The molecule has 4 nitrogen and oxygen atoms in total. The Morgan fingerprint density at radius 3 is 2.81 bits per heavy atom. The first kappa shape index (κ1) is 12.6. The number of aromatic nitrogens is 1. The van der Waals surface area contributed by atoms with Crippen molar-refractivity contribution in [2.75, 3.05) is 13.1 Å². The van der Waals surface area contributed by atoms with Crippen LogP contribution in [0.1, 0.15) is 19.5 Å². The topological polar surface area (TPSA) is 54.0 Å². The number of carbonyl (C=O) groups excluding carboxylic acids is 1. The van der Waals surface area contributed by atoms with Gasteiger partial charge in [0.15, 0.2) is 0 Å². The number of rotatable bonds is 6. The molecule has 0 radical (unpaired) electrons. The monoisotopic (exact) mass is 221 g/mol. The van der Waals surface area contributed by atoms with Gasteiger partial charge in [-0.25, -0.2) is 0 Å². The van der Waals surface area contributed by atoms with Gasteiger partial charge in [0.25, 0.3) is 0 Å². The predicted octanol–water partition coefficient (Wildman–Crippen LogP) is 0.738. The first-order valence-corrected chi connectivity index (χ1v) is 5.58. The van der Waals surface area contributed by atoms with Crippen LogP contribution in [0.15, 0.2) is 24.4 Å². The lowest BCUT2D eigenvalue weighted by Crippen LogP contribution is -2.35. The van der Waals surface area contributed by atoms with E-state index in [0.717, 1.165) is 12.2 Å². The molecule has 4 heteroatoms. The van der Waals surface area contributed by atoms with Crippen molar-refractivity contribution in [2.45, 2.75) is 26.3 Å². The Hall–Kier alpha value is -1.42. The standard InChI is InChI=1S/C12H19N3O/c1-10(2)13-7-8-15-12(16)9-11-5-3-4-6-14-11/h3-6,10,13H,7-9H2,1-2H3,(H,15,16). The van der Waals surface area contributed by atoms with E-state index in [9.17, 15) is 4.79 Å². The number of hydrogen-bond acceptors (Lipinski definition) is 3.